The van der Waals surface area contributed by atoms with Crippen LogP contribution in [0.4, 0.5) is 4.39 Å². The fraction of sp³-hybridized carbons (Fsp3) is 0.375. The molecule has 2 fully saturated rings. The number of pyridine rings is 2. The van der Waals surface area contributed by atoms with Crippen molar-refractivity contribution in [1.29, 1.82) is 0 Å². The van der Waals surface area contributed by atoms with E-state index >= 15 is 0 Å². The molecule has 0 amide bonds. The topological polar surface area (TPSA) is 103 Å². The van der Waals surface area contributed by atoms with Gasteiger partial charge in [0, 0.05) is 23.8 Å². The maximum Gasteiger partial charge on any atom is 0.354 e. The van der Waals surface area contributed by atoms with Crippen LogP contribution in [0.15, 0.2) is 42.5 Å². The van der Waals surface area contributed by atoms with Crippen molar-refractivity contribution in [2.24, 2.45) is 0 Å². The molecule has 0 aliphatic carbocycles. The number of aromatic carboxylic acids is 1. The molecule has 42 heavy (non-hydrogen) atoms. The van der Waals surface area contributed by atoms with Gasteiger partial charge in [-0.25, -0.2) is 24.1 Å². The summed E-state index contributed by atoms with van der Waals surface area (Å²) in [7, 11) is 0. The van der Waals surface area contributed by atoms with Gasteiger partial charge in [0.25, 0.3) is 5.88 Å². The third kappa shape index (κ3) is 5.84. The summed E-state index contributed by atoms with van der Waals surface area (Å²) in [5.74, 6) is 2.10. The Kier molecular flexibility index (Phi) is 7.87. The van der Waals surface area contributed by atoms with Crippen LogP contribution < -0.4 is 4.74 Å². The number of terminal acetylenes is 1. The highest BCUT2D eigenvalue weighted by molar-refractivity contribution is 5.88. The van der Waals surface area contributed by atoms with E-state index in [1.807, 2.05) is 29.7 Å². The zero-order valence-electron chi connectivity index (χ0n) is 23.4. The van der Waals surface area contributed by atoms with E-state index in [-0.39, 0.29) is 30.2 Å². The van der Waals surface area contributed by atoms with E-state index in [0.717, 1.165) is 67.2 Å². The monoisotopic (exact) mass is 569 g/mol. The highest BCUT2D eigenvalue weighted by atomic mass is 19.1. The van der Waals surface area contributed by atoms with Crippen molar-refractivity contribution in [3.63, 3.8) is 0 Å². The van der Waals surface area contributed by atoms with Crippen molar-refractivity contribution in [2.75, 3.05) is 19.7 Å². The number of benzene rings is 1. The second kappa shape index (κ2) is 11.9. The fourth-order valence-corrected chi connectivity index (χ4v) is 5.56. The van der Waals surface area contributed by atoms with Crippen LogP contribution >= 0.6 is 0 Å². The molecule has 1 atom stereocenters. The first kappa shape index (κ1) is 27.8. The number of halogens is 1. The van der Waals surface area contributed by atoms with Crippen LogP contribution in [-0.2, 0) is 24.4 Å². The molecule has 216 valence electrons. The molecule has 1 N–H and O–H groups in total. The Morgan fingerprint density at radius 1 is 1.14 bits per heavy atom. The third-order valence-electron chi connectivity index (χ3n) is 8.15. The molecule has 1 aromatic carbocycles. The van der Waals surface area contributed by atoms with Gasteiger partial charge in [0.15, 0.2) is 17.2 Å². The highest BCUT2D eigenvalue weighted by Gasteiger charge is 2.27. The first-order valence-corrected chi connectivity index (χ1v) is 14.2. The fourth-order valence-electron chi connectivity index (χ4n) is 5.56. The number of fused-ring (bicyclic) bond motifs is 1. The molecule has 9 nitrogen and oxygen atoms in total. The van der Waals surface area contributed by atoms with Crippen LogP contribution in [0.2, 0.25) is 0 Å². The van der Waals surface area contributed by atoms with Gasteiger partial charge < -0.3 is 19.1 Å². The molecule has 10 heteroatoms. The van der Waals surface area contributed by atoms with Gasteiger partial charge in [0.05, 0.1) is 19.2 Å². The number of piperidine rings is 1. The molecular weight excluding hydrogens is 537 g/mol. The molecule has 5 heterocycles. The van der Waals surface area contributed by atoms with Gasteiger partial charge in [-0.3, -0.25) is 4.90 Å². The Bertz CT molecular complexity index is 1670. The Labute approximate surface area is 243 Å². The third-order valence-corrected chi connectivity index (χ3v) is 8.15. The van der Waals surface area contributed by atoms with Gasteiger partial charge >= 0.3 is 5.97 Å². The minimum absolute atomic E-state index is 0.00220. The maximum atomic E-state index is 14.6. The molecule has 0 spiro atoms. The molecule has 2 aliphatic rings. The Balaban J connectivity index is 1.12. The molecule has 4 aromatic rings. The molecule has 0 radical (unpaired) electrons. The first-order chi connectivity index (χ1) is 20.4. The SMILES string of the molecule is C#Cc1ccc(COc2nc(C3CCN(Cc4nc5ccc(C(=O)O)nc5n4C[C@@H]4CCO4)CC3)ccc2F)c(C)c1. The second-order valence-electron chi connectivity index (χ2n) is 10.9. The summed E-state index contributed by atoms with van der Waals surface area (Å²) in [6.45, 7) is 5.73. The Morgan fingerprint density at radius 2 is 1.95 bits per heavy atom. The van der Waals surface area contributed by atoms with E-state index in [0.29, 0.717) is 24.3 Å². The molecule has 3 aromatic heterocycles. The van der Waals surface area contributed by atoms with Crippen LogP contribution in [-0.4, -0.2) is 61.3 Å². The maximum absolute atomic E-state index is 14.6. The van der Waals surface area contributed by atoms with E-state index in [1.165, 1.54) is 12.1 Å². The lowest BCUT2D eigenvalue weighted by Crippen LogP contribution is -2.35. The lowest BCUT2D eigenvalue weighted by atomic mass is 9.93. The van der Waals surface area contributed by atoms with Crippen LogP contribution in [0.1, 0.15) is 63.9 Å². The number of hydrogen-bond acceptors (Lipinski definition) is 7. The average molecular weight is 570 g/mol. The highest BCUT2D eigenvalue weighted by Crippen LogP contribution is 2.30. The molecule has 0 bridgehead atoms. The van der Waals surface area contributed by atoms with Crippen molar-refractivity contribution in [1.82, 2.24) is 24.4 Å². The van der Waals surface area contributed by atoms with E-state index in [2.05, 4.69) is 20.8 Å². The van der Waals surface area contributed by atoms with Crippen LogP contribution in [0.3, 0.4) is 0 Å². The van der Waals surface area contributed by atoms with Gasteiger partial charge in [0.2, 0.25) is 0 Å². The summed E-state index contributed by atoms with van der Waals surface area (Å²) >= 11 is 0. The molecule has 0 unspecified atom stereocenters. The summed E-state index contributed by atoms with van der Waals surface area (Å²) in [4.78, 5) is 27.6. The smallest absolute Gasteiger partial charge is 0.354 e. The van der Waals surface area contributed by atoms with Crippen LogP contribution in [0.5, 0.6) is 5.88 Å². The number of aryl methyl sites for hydroxylation is 1. The normalized spacial score (nSPS) is 17.6. The molecule has 0 saturated carbocycles. The quantitative estimate of drug-likeness (QED) is 0.290. The summed E-state index contributed by atoms with van der Waals surface area (Å²) in [6, 6.07) is 12.0. The number of imidazole rings is 1. The predicted octanol–water partition coefficient (Wildman–Crippen LogP) is 4.70. The van der Waals surface area contributed by atoms with Crippen molar-refractivity contribution in [2.45, 2.75) is 57.9 Å². The van der Waals surface area contributed by atoms with E-state index in [9.17, 15) is 14.3 Å². The number of hydrogen-bond donors (Lipinski definition) is 1. The van der Waals surface area contributed by atoms with Gasteiger partial charge in [0.1, 0.15) is 17.9 Å². The second-order valence-corrected chi connectivity index (χ2v) is 10.9. The molecular formula is C32H32FN5O4. The molecule has 2 saturated heterocycles. The van der Waals surface area contributed by atoms with Gasteiger partial charge in [-0.15, -0.1) is 6.42 Å². The minimum Gasteiger partial charge on any atom is -0.477 e. The predicted molar refractivity (Wildman–Crippen MR) is 154 cm³/mol. The van der Waals surface area contributed by atoms with Crippen molar-refractivity contribution < 1.29 is 23.8 Å². The summed E-state index contributed by atoms with van der Waals surface area (Å²) in [6.07, 6.45) is 8.23. The Hall–Kier alpha value is -4.33. The number of carboxylic acid groups (broad SMARTS) is 1. The number of carboxylic acids is 1. The van der Waals surface area contributed by atoms with Gasteiger partial charge in [-0.1, -0.05) is 12.0 Å². The van der Waals surface area contributed by atoms with E-state index in [4.69, 9.17) is 20.9 Å². The van der Waals surface area contributed by atoms with Crippen molar-refractivity contribution >= 4 is 17.1 Å². The van der Waals surface area contributed by atoms with Crippen LogP contribution in [0, 0.1) is 25.1 Å². The standard InChI is InChI=1S/C32H32FN5O4/c1-3-21-4-5-23(20(2)16-21)19-42-31-25(33)6-7-26(36-31)22-10-13-37(14-11-22)18-29-34-27-8-9-28(32(39)40)35-30(27)38(29)17-24-12-15-41-24/h1,4-9,16,22,24H,10-15,17-19H2,2H3,(H,39,40)/t24-/m0/s1. The summed E-state index contributed by atoms with van der Waals surface area (Å²) in [5.41, 5.74) is 4.78. The average Bonchev–Trinajstić information content (AvgIpc) is 3.31. The number of ether oxygens (including phenoxy) is 2. The van der Waals surface area contributed by atoms with E-state index < -0.39 is 11.8 Å². The number of likely N-dealkylation sites (tertiary alicyclic amines) is 1. The largest absolute Gasteiger partial charge is 0.477 e. The minimum atomic E-state index is -1.06. The van der Waals surface area contributed by atoms with Crippen LogP contribution in [0.25, 0.3) is 11.2 Å². The zero-order chi connectivity index (χ0) is 29.2. The van der Waals surface area contributed by atoms with Gasteiger partial charge in [-0.05, 0) is 86.8 Å². The Morgan fingerprint density at radius 3 is 2.64 bits per heavy atom. The van der Waals surface area contributed by atoms with Crippen molar-refractivity contribution in [3.05, 3.63) is 82.2 Å². The summed E-state index contributed by atoms with van der Waals surface area (Å²) < 4.78 is 28.1. The number of aromatic nitrogens is 4. The van der Waals surface area contributed by atoms with Gasteiger partial charge in [-0.2, -0.15) is 0 Å². The summed E-state index contributed by atoms with van der Waals surface area (Å²) in [5, 5.41) is 9.44. The lowest BCUT2D eigenvalue weighted by molar-refractivity contribution is -0.0593. The number of nitrogens with zero attached hydrogens (tertiary/aromatic N) is 5. The number of rotatable bonds is 9. The molecule has 6 rings (SSSR count). The molecule has 2 aliphatic heterocycles. The number of carbonyl (C=O) groups is 1. The first-order valence-electron chi connectivity index (χ1n) is 14.2. The lowest BCUT2D eigenvalue weighted by Gasteiger charge is -2.32. The van der Waals surface area contributed by atoms with E-state index in [1.54, 1.807) is 12.1 Å². The zero-order valence-corrected chi connectivity index (χ0v) is 23.4. The van der Waals surface area contributed by atoms with Crippen molar-refractivity contribution in [3.8, 4) is 18.2 Å².